The van der Waals surface area contributed by atoms with Gasteiger partial charge in [0.15, 0.2) is 0 Å². The van der Waals surface area contributed by atoms with Crippen molar-refractivity contribution in [2.24, 2.45) is 0 Å². The first-order valence-corrected chi connectivity index (χ1v) is 10.0. The molecule has 6 nitrogen and oxygen atoms in total. The summed E-state index contributed by atoms with van der Waals surface area (Å²) in [6, 6.07) is 4.47. The van der Waals surface area contributed by atoms with Crippen molar-refractivity contribution >= 4 is 33.2 Å². The largest absolute Gasteiger partial charge is 0.248 e. The van der Waals surface area contributed by atoms with Crippen LogP contribution in [0.2, 0.25) is 10.0 Å². The van der Waals surface area contributed by atoms with Gasteiger partial charge in [-0.25, -0.2) is 13.1 Å². The third kappa shape index (κ3) is 2.94. The minimum atomic E-state index is -3.67. The number of sulfonamides is 1. The van der Waals surface area contributed by atoms with Crippen LogP contribution < -0.4 is 0 Å². The van der Waals surface area contributed by atoms with Crippen molar-refractivity contribution in [3.63, 3.8) is 0 Å². The van der Waals surface area contributed by atoms with E-state index in [0.717, 1.165) is 18.5 Å². The molecule has 2 heterocycles. The Kier molecular flexibility index (Phi) is 4.07. The van der Waals surface area contributed by atoms with E-state index in [1.807, 2.05) is 6.20 Å². The van der Waals surface area contributed by atoms with E-state index >= 15 is 0 Å². The van der Waals surface area contributed by atoms with E-state index in [1.165, 1.54) is 16.4 Å². The minimum Gasteiger partial charge on any atom is -0.248 e. The van der Waals surface area contributed by atoms with Crippen molar-refractivity contribution in [2.75, 3.05) is 13.1 Å². The van der Waals surface area contributed by atoms with Gasteiger partial charge >= 0.3 is 0 Å². The van der Waals surface area contributed by atoms with E-state index in [9.17, 15) is 8.42 Å². The van der Waals surface area contributed by atoms with Crippen molar-refractivity contribution in [1.82, 2.24) is 19.3 Å². The molecule has 1 aliphatic heterocycles. The highest BCUT2D eigenvalue weighted by molar-refractivity contribution is 7.89. The SMILES string of the molecule is O=S(=O)(c1cc(Cl)ccc1Cl)N1CCC(n2cc(C3CC3)nn2)C1. The van der Waals surface area contributed by atoms with Crippen LogP contribution in [0, 0.1) is 0 Å². The zero-order valence-electron chi connectivity index (χ0n) is 12.8. The second-order valence-electron chi connectivity index (χ2n) is 6.28. The normalized spacial score (nSPS) is 22.2. The monoisotopic (exact) mass is 386 g/mol. The maximum atomic E-state index is 12.8. The molecule has 24 heavy (non-hydrogen) atoms. The summed E-state index contributed by atoms with van der Waals surface area (Å²) in [6.07, 6.45) is 4.98. The Bertz CT molecular complexity index is 879. The average molecular weight is 387 g/mol. The lowest BCUT2D eigenvalue weighted by molar-refractivity contribution is 0.428. The van der Waals surface area contributed by atoms with Crippen LogP contribution in [-0.4, -0.2) is 40.8 Å². The third-order valence-corrected chi connectivity index (χ3v) is 7.12. The van der Waals surface area contributed by atoms with Crippen molar-refractivity contribution in [3.05, 3.63) is 40.1 Å². The van der Waals surface area contributed by atoms with Gasteiger partial charge in [-0.15, -0.1) is 5.10 Å². The molecule has 1 aliphatic carbocycles. The fourth-order valence-corrected chi connectivity index (χ4v) is 5.22. The Balaban J connectivity index is 1.55. The second kappa shape index (κ2) is 5.98. The predicted octanol–water partition coefficient (Wildman–Crippen LogP) is 3.10. The smallest absolute Gasteiger partial charge is 0.244 e. The molecule has 1 saturated carbocycles. The maximum Gasteiger partial charge on any atom is 0.244 e. The van der Waals surface area contributed by atoms with Gasteiger partial charge in [-0.3, -0.25) is 0 Å². The predicted molar refractivity (Wildman–Crippen MR) is 90.9 cm³/mol. The van der Waals surface area contributed by atoms with Crippen molar-refractivity contribution in [1.29, 1.82) is 0 Å². The molecule has 0 spiro atoms. The highest BCUT2D eigenvalue weighted by Crippen LogP contribution is 2.39. The van der Waals surface area contributed by atoms with E-state index < -0.39 is 10.0 Å². The van der Waals surface area contributed by atoms with Gasteiger partial charge in [0.25, 0.3) is 0 Å². The van der Waals surface area contributed by atoms with Gasteiger partial charge in [0.05, 0.1) is 16.8 Å². The van der Waals surface area contributed by atoms with Crippen molar-refractivity contribution in [2.45, 2.75) is 36.1 Å². The molecule has 0 N–H and O–H groups in total. The van der Waals surface area contributed by atoms with Gasteiger partial charge < -0.3 is 0 Å². The zero-order chi connectivity index (χ0) is 16.9. The van der Waals surface area contributed by atoms with Crippen LogP contribution >= 0.6 is 23.2 Å². The van der Waals surface area contributed by atoms with E-state index in [0.29, 0.717) is 30.5 Å². The van der Waals surface area contributed by atoms with Crippen LogP contribution in [0.15, 0.2) is 29.3 Å². The lowest BCUT2D eigenvalue weighted by Gasteiger charge is -2.17. The lowest BCUT2D eigenvalue weighted by Crippen LogP contribution is -2.29. The van der Waals surface area contributed by atoms with Gasteiger partial charge in [-0.05, 0) is 37.5 Å². The quantitative estimate of drug-likeness (QED) is 0.809. The van der Waals surface area contributed by atoms with Crippen molar-refractivity contribution in [3.8, 4) is 0 Å². The summed E-state index contributed by atoms with van der Waals surface area (Å²) >= 11 is 12.0. The fourth-order valence-electron chi connectivity index (χ4n) is 2.99. The summed E-state index contributed by atoms with van der Waals surface area (Å²) in [4.78, 5) is 0.0505. The lowest BCUT2D eigenvalue weighted by atomic mass is 10.2. The number of aromatic nitrogens is 3. The second-order valence-corrected chi connectivity index (χ2v) is 9.03. The van der Waals surface area contributed by atoms with E-state index in [1.54, 1.807) is 10.7 Å². The molecule has 0 bridgehead atoms. The zero-order valence-corrected chi connectivity index (χ0v) is 15.1. The molecule has 2 aliphatic rings. The van der Waals surface area contributed by atoms with E-state index in [4.69, 9.17) is 23.2 Å². The van der Waals surface area contributed by atoms with Crippen LogP contribution in [0.3, 0.4) is 0 Å². The molecule has 128 valence electrons. The highest BCUT2D eigenvalue weighted by Gasteiger charge is 2.36. The van der Waals surface area contributed by atoms with E-state index in [2.05, 4.69) is 10.3 Å². The molecule has 0 amide bonds. The van der Waals surface area contributed by atoms with Gasteiger partial charge in [-0.1, -0.05) is 28.4 Å². The molecule has 4 rings (SSSR count). The number of nitrogens with zero attached hydrogens (tertiary/aromatic N) is 4. The topological polar surface area (TPSA) is 68.1 Å². The number of halogens is 2. The number of hydrogen-bond donors (Lipinski definition) is 0. The molecule has 2 aromatic rings. The molecule has 1 unspecified atom stereocenters. The Morgan fingerprint density at radius 1 is 1.17 bits per heavy atom. The number of rotatable bonds is 4. The third-order valence-electron chi connectivity index (χ3n) is 4.53. The standard InChI is InChI=1S/C15H16Cl2N4O2S/c16-11-3-4-13(17)15(7-11)24(22,23)20-6-5-12(8-20)21-9-14(18-19-21)10-1-2-10/h3-4,7,9-10,12H,1-2,5-6,8H2. The summed E-state index contributed by atoms with van der Waals surface area (Å²) in [5, 5.41) is 8.91. The first-order chi connectivity index (χ1) is 11.4. The van der Waals surface area contributed by atoms with E-state index in [-0.39, 0.29) is 16.0 Å². The molecule has 1 saturated heterocycles. The summed E-state index contributed by atoms with van der Waals surface area (Å²) in [5.74, 6) is 0.533. The van der Waals surface area contributed by atoms with Gasteiger partial charge in [0, 0.05) is 30.2 Å². The molecular formula is C15H16Cl2N4O2S. The minimum absolute atomic E-state index is 0.00210. The van der Waals surface area contributed by atoms with Crippen LogP contribution in [0.25, 0.3) is 0 Å². The summed E-state index contributed by atoms with van der Waals surface area (Å²) in [6.45, 7) is 0.785. The van der Waals surface area contributed by atoms with Crippen LogP contribution in [0.1, 0.15) is 36.9 Å². The molecule has 1 atom stereocenters. The highest BCUT2D eigenvalue weighted by atomic mass is 35.5. The molecule has 9 heteroatoms. The Labute approximate surface area is 150 Å². The van der Waals surface area contributed by atoms with Crippen molar-refractivity contribution < 1.29 is 8.42 Å². The average Bonchev–Trinajstić information content (AvgIpc) is 3.09. The van der Waals surface area contributed by atoms with Gasteiger partial charge in [0.1, 0.15) is 4.90 Å². The summed E-state index contributed by atoms with van der Waals surface area (Å²) in [7, 11) is -3.67. The number of benzene rings is 1. The number of hydrogen-bond acceptors (Lipinski definition) is 4. The van der Waals surface area contributed by atoms with Crippen LogP contribution in [-0.2, 0) is 10.0 Å². The summed E-state index contributed by atoms with van der Waals surface area (Å²) in [5.41, 5.74) is 1.01. The summed E-state index contributed by atoms with van der Waals surface area (Å²) < 4.78 is 28.9. The van der Waals surface area contributed by atoms with Gasteiger partial charge in [0.2, 0.25) is 10.0 Å². The first-order valence-electron chi connectivity index (χ1n) is 7.82. The first kappa shape index (κ1) is 16.3. The Morgan fingerprint density at radius 2 is 1.96 bits per heavy atom. The maximum absolute atomic E-state index is 12.8. The van der Waals surface area contributed by atoms with Crippen LogP contribution in [0.4, 0.5) is 0 Å². The molecule has 1 aromatic carbocycles. The Morgan fingerprint density at radius 3 is 2.71 bits per heavy atom. The van der Waals surface area contributed by atoms with Crippen LogP contribution in [0.5, 0.6) is 0 Å². The van der Waals surface area contributed by atoms with Gasteiger partial charge in [-0.2, -0.15) is 4.31 Å². The molecule has 1 aromatic heterocycles. The Hall–Kier alpha value is -1.15. The molecule has 2 fully saturated rings. The fraction of sp³-hybridized carbons (Fsp3) is 0.467. The molecular weight excluding hydrogens is 371 g/mol. The molecule has 0 radical (unpaired) electrons.